The van der Waals surface area contributed by atoms with E-state index in [1.807, 2.05) is 19.9 Å². The van der Waals surface area contributed by atoms with Crippen LogP contribution in [0.4, 0.5) is 0 Å². The molecule has 0 aliphatic rings. The van der Waals surface area contributed by atoms with Crippen LogP contribution >= 0.6 is 27.3 Å². The Bertz CT molecular complexity index is 253. The molecule has 1 N–H and O–H groups in total. The van der Waals surface area contributed by atoms with Crippen LogP contribution in [-0.2, 0) is 4.74 Å². The Morgan fingerprint density at radius 2 is 2.38 bits per heavy atom. The normalized spacial score (nSPS) is 13.2. The molecule has 13 heavy (non-hydrogen) atoms. The summed E-state index contributed by atoms with van der Waals surface area (Å²) in [6.45, 7) is 4.95. The van der Waals surface area contributed by atoms with E-state index in [9.17, 15) is 5.11 Å². The van der Waals surface area contributed by atoms with Gasteiger partial charge in [-0.25, -0.2) is 0 Å². The van der Waals surface area contributed by atoms with E-state index in [1.165, 1.54) is 0 Å². The number of halogens is 1. The van der Waals surface area contributed by atoms with Gasteiger partial charge in [0, 0.05) is 11.5 Å². The summed E-state index contributed by atoms with van der Waals surface area (Å²) in [7, 11) is 0. The average Bonchev–Trinajstić information content (AvgIpc) is 2.43. The zero-order valence-corrected chi connectivity index (χ0v) is 10.1. The number of rotatable bonds is 4. The summed E-state index contributed by atoms with van der Waals surface area (Å²) in [4.78, 5) is 0.956. The molecule has 1 heterocycles. The van der Waals surface area contributed by atoms with E-state index in [1.54, 1.807) is 11.3 Å². The second kappa shape index (κ2) is 5.10. The molecule has 2 nitrogen and oxygen atoms in total. The topological polar surface area (TPSA) is 29.5 Å². The van der Waals surface area contributed by atoms with Gasteiger partial charge in [-0.3, -0.25) is 0 Å². The van der Waals surface area contributed by atoms with Gasteiger partial charge in [0.15, 0.2) is 0 Å². The molecule has 4 heteroatoms. The lowest BCUT2D eigenvalue weighted by Gasteiger charge is -2.07. The minimum absolute atomic E-state index is 0.378. The Morgan fingerprint density at radius 3 is 2.85 bits per heavy atom. The van der Waals surface area contributed by atoms with Gasteiger partial charge in [-0.2, -0.15) is 0 Å². The first kappa shape index (κ1) is 11.2. The van der Waals surface area contributed by atoms with E-state index in [-0.39, 0.29) is 0 Å². The van der Waals surface area contributed by atoms with E-state index < -0.39 is 6.10 Å². The summed E-state index contributed by atoms with van der Waals surface area (Å²) in [5.41, 5.74) is 1.16. The minimum Gasteiger partial charge on any atom is -0.385 e. The molecule has 0 bridgehead atoms. The second-order valence-electron chi connectivity index (χ2n) is 2.78. The van der Waals surface area contributed by atoms with Gasteiger partial charge in [0.25, 0.3) is 0 Å². The first-order valence-corrected chi connectivity index (χ1v) is 5.77. The summed E-state index contributed by atoms with van der Waals surface area (Å²) in [6.07, 6.45) is -0.491. The molecule has 0 amide bonds. The van der Waals surface area contributed by atoms with Crippen LogP contribution < -0.4 is 0 Å². The quantitative estimate of drug-likeness (QED) is 0.907. The smallest absolute Gasteiger partial charge is 0.111 e. The van der Waals surface area contributed by atoms with Crippen molar-refractivity contribution in [3.05, 3.63) is 20.3 Å². The zero-order valence-electron chi connectivity index (χ0n) is 7.71. The molecule has 0 aliphatic heterocycles. The summed E-state index contributed by atoms with van der Waals surface area (Å²) < 4.78 is 6.22. The van der Waals surface area contributed by atoms with Crippen molar-refractivity contribution in [1.29, 1.82) is 0 Å². The van der Waals surface area contributed by atoms with Crippen LogP contribution in [0.3, 0.4) is 0 Å². The lowest BCUT2D eigenvalue weighted by molar-refractivity contribution is 0.0439. The fourth-order valence-corrected chi connectivity index (χ4v) is 2.50. The third-order valence-corrected chi connectivity index (χ3v) is 3.92. The minimum atomic E-state index is -0.491. The molecular weight excluding hydrogens is 252 g/mol. The molecule has 1 rings (SSSR count). The highest BCUT2D eigenvalue weighted by Crippen LogP contribution is 2.31. The lowest BCUT2D eigenvalue weighted by atomic mass is 10.2. The maximum absolute atomic E-state index is 9.65. The van der Waals surface area contributed by atoms with Gasteiger partial charge in [-0.15, -0.1) is 11.3 Å². The van der Waals surface area contributed by atoms with Gasteiger partial charge in [-0.1, -0.05) is 0 Å². The van der Waals surface area contributed by atoms with Crippen molar-refractivity contribution < 1.29 is 9.84 Å². The van der Waals surface area contributed by atoms with E-state index in [4.69, 9.17) is 4.74 Å². The maximum Gasteiger partial charge on any atom is 0.111 e. The van der Waals surface area contributed by atoms with Gasteiger partial charge in [0.2, 0.25) is 0 Å². The molecule has 0 radical (unpaired) electrons. The van der Waals surface area contributed by atoms with Crippen LogP contribution in [0, 0.1) is 6.92 Å². The third kappa shape index (κ3) is 3.06. The van der Waals surface area contributed by atoms with Crippen molar-refractivity contribution in [1.82, 2.24) is 0 Å². The molecular formula is C9H13BrO2S. The molecule has 1 atom stereocenters. The maximum atomic E-state index is 9.65. The Morgan fingerprint density at radius 1 is 1.69 bits per heavy atom. The molecule has 0 saturated heterocycles. The van der Waals surface area contributed by atoms with Crippen molar-refractivity contribution in [2.24, 2.45) is 0 Å². The molecule has 1 aromatic rings. The number of thiophene rings is 1. The van der Waals surface area contributed by atoms with Crippen molar-refractivity contribution in [2.45, 2.75) is 20.0 Å². The highest BCUT2D eigenvalue weighted by Gasteiger charge is 2.11. The number of aliphatic hydroxyl groups is 1. The summed E-state index contributed by atoms with van der Waals surface area (Å²) >= 11 is 4.98. The van der Waals surface area contributed by atoms with Crippen LogP contribution in [0.25, 0.3) is 0 Å². The standard InChI is InChI=1S/C9H13BrO2S/c1-3-12-5-7(11)8-4-6(2)9(10)13-8/h4,7,11H,3,5H2,1-2H3. The van der Waals surface area contributed by atoms with E-state index in [0.717, 1.165) is 14.2 Å². The SMILES string of the molecule is CCOCC(O)c1cc(C)c(Br)s1. The first-order chi connectivity index (χ1) is 6.15. The monoisotopic (exact) mass is 264 g/mol. The van der Waals surface area contributed by atoms with Crippen molar-refractivity contribution in [3.63, 3.8) is 0 Å². The molecule has 0 saturated carbocycles. The summed E-state index contributed by atoms with van der Waals surface area (Å²) in [6, 6.07) is 1.98. The van der Waals surface area contributed by atoms with Gasteiger partial charge in [-0.05, 0) is 41.4 Å². The van der Waals surface area contributed by atoms with Crippen LogP contribution in [0.2, 0.25) is 0 Å². The summed E-state index contributed by atoms with van der Waals surface area (Å²) in [5.74, 6) is 0. The molecule has 0 spiro atoms. The molecule has 1 aromatic heterocycles. The molecule has 1 unspecified atom stereocenters. The van der Waals surface area contributed by atoms with Crippen molar-refractivity contribution in [2.75, 3.05) is 13.2 Å². The highest BCUT2D eigenvalue weighted by molar-refractivity contribution is 9.11. The Labute approximate surface area is 90.7 Å². The van der Waals surface area contributed by atoms with Crippen molar-refractivity contribution in [3.8, 4) is 0 Å². The fourth-order valence-electron chi connectivity index (χ4n) is 0.959. The van der Waals surface area contributed by atoms with E-state index in [2.05, 4.69) is 15.9 Å². The number of ether oxygens (including phenoxy) is 1. The predicted octanol–water partition coefficient (Wildman–Crippen LogP) is 2.89. The Hall–Kier alpha value is 0.1000. The highest BCUT2D eigenvalue weighted by atomic mass is 79.9. The zero-order chi connectivity index (χ0) is 9.84. The van der Waals surface area contributed by atoms with Crippen LogP contribution in [-0.4, -0.2) is 18.3 Å². The number of aryl methyl sites for hydroxylation is 1. The van der Waals surface area contributed by atoms with Gasteiger partial charge < -0.3 is 9.84 Å². The largest absolute Gasteiger partial charge is 0.385 e. The van der Waals surface area contributed by atoms with Crippen LogP contribution in [0.5, 0.6) is 0 Å². The number of aliphatic hydroxyl groups excluding tert-OH is 1. The fraction of sp³-hybridized carbons (Fsp3) is 0.556. The first-order valence-electron chi connectivity index (χ1n) is 4.16. The molecule has 0 aliphatic carbocycles. The average molecular weight is 265 g/mol. The second-order valence-corrected chi connectivity index (χ2v) is 5.18. The van der Waals surface area contributed by atoms with Crippen LogP contribution in [0.1, 0.15) is 23.5 Å². The molecule has 0 fully saturated rings. The van der Waals surface area contributed by atoms with Crippen molar-refractivity contribution >= 4 is 27.3 Å². The summed E-state index contributed by atoms with van der Waals surface area (Å²) in [5, 5.41) is 9.65. The van der Waals surface area contributed by atoms with E-state index >= 15 is 0 Å². The van der Waals surface area contributed by atoms with E-state index in [0.29, 0.717) is 13.2 Å². The Kier molecular flexibility index (Phi) is 4.38. The van der Waals surface area contributed by atoms with Gasteiger partial charge in [0.05, 0.1) is 10.4 Å². The third-order valence-electron chi connectivity index (χ3n) is 1.68. The lowest BCUT2D eigenvalue weighted by Crippen LogP contribution is -2.05. The number of hydrogen-bond acceptors (Lipinski definition) is 3. The van der Waals surface area contributed by atoms with Crippen LogP contribution in [0.15, 0.2) is 9.85 Å². The Balaban J connectivity index is 2.60. The molecule has 0 aromatic carbocycles. The predicted molar refractivity (Wildman–Crippen MR) is 58.2 cm³/mol. The van der Waals surface area contributed by atoms with Gasteiger partial charge in [0.1, 0.15) is 6.10 Å². The number of hydrogen-bond donors (Lipinski definition) is 1. The van der Waals surface area contributed by atoms with Gasteiger partial charge >= 0.3 is 0 Å². The molecule has 74 valence electrons.